The van der Waals surface area contributed by atoms with Gasteiger partial charge in [0.15, 0.2) is 10.8 Å². The third kappa shape index (κ3) is 3.65. The van der Waals surface area contributed by atoms with Gasteiger partial charge in [-0.1, -0.05) is 47.6 Å². The van der Waals surface area contributed by atoms with Gasteiger partial charge < -0.3 is 10.3 Å². The average molecular weight is 373 g/mol. The molecule has 2 aromatic heterocycles. The number of aromatic nitrogens is 3. The van der Waals surface area contributed by atoms with Crippen LogP contribution in [0.25, 0.3) is 11.2 Å². The van der Waals surface area contributed by atoms with Crippen molar-refractivity contribution in [2.75, 3.05) is 5.75 Å². The van der Waals surface area contributed by atoms with Crippen LogP contribution in [0, 0.1) is 0 Å². The van der Waals surface area contributed by atoms with Crippen molar-refractivity contribution in [1.29, 1.82) is 0 Å². The Kier molecular flexibility index (Phi) is 4.63. The molecule has 0 spiro atoms. The van der Waals surface area contributed by atoms with Crippen LogP contribution in [0.1, 0.15) is 30.0 Å². The Labute approximate surface area is 154 Å². The monoisotopic (exact) mass is 372 g/mol. The SMILES string of the molecule is O=C(CSc1nc2ncc(Cl)cc2[nH]1)N[C@H]1CCCc2ccccc21. The van der Waals surface area contributed by atoms with Gasteiger partial charge in [0.1, 0.15) is 0 Å². The number of halogens is 1. The van der Waals surface area contributed by atoms with Crippen LogP contribution in [0.2, 0.25) is 5.02 Å². The Morgan fingerprint density at radius 3 is 3.20 bits per heavy atom. The minimum Gasteiger partial charge on any atom is -0.349 e. The van der Waals surface area contributed by atoms with Gasteiger partial charge in [0.2, 0.25) is 5.91 Å². The summed E-state index contributed by atoms with van der Waals surface area (Å²) in [5.41, 5.74) is 3.96. The zero-order valence-electron chi connectivity index (χ0n) is 13.5. The summed E-state index contributed by atoms with van der Waals surface area (Å²) in [6.07, 6.45) is 4.74. The van der Waals surface area contributed by atoms with E-state index in [9.17, 15) is 4.79 Å². The van der Waals surface area contributed by atoms with Crippen molar-refractivity contribution < 1.29 is 4.79 Å². The number of imidazole rings is 1. The molecular formula is C18H17ClN4OS. The Morgan fingerprint density at radius 2 is 2.28 bits per heavy atom. The molecule has 0 saturated heterocycles. The number of aryl methyl sites for hydroxylation is 1. The zero-order valence-corrected chi connectivity index (χ0v) is 15.0. The van der Waals surface area contributed by atoms with E-state index in [0.717, 1.165) is 24.8 Å². The first-order chi connectivity index (χ1) is 12.2. The molecule has 0 aliphatic heterocycles. The molecule has 25 heavy (non-hydrogen) atoms. The summed E-state index contributed by atoms with van der Waals surface area (Å²) in [4.78, 5) is 24.0. The van der Waals surface area contributed by atoms with E-state index in [2.05, 4.69) is 38.5 Å². The van der Waals surface area contributed by atoms with Gasteiger partial charge in [0, 0.05) is 6.20 Å². The highest BCUT2D eigenvalue weighted by atomic mass is 35.5. The predicted molar refractivity (Wildman–Crippen MR) is 99.9 cm³/mol. The number of H-pyrrole nitrogens is 1. The number of benzene rings is 1. The minimum absolute atomic E-state index is 0.0122. The molecule has 0 fully saturated rings. The average Bonchev–Trinajstić information content (AvgIpc) is 3.02. The van der Waals surface area contributed by atoms with Crippen molar-refractivity contribution in [1.82, 2.24) is 20.3 Å². The summed E-state index contributed by atoms with van der Waals surface area (Å²) in [6, 6.07) is 10.2. The molecule has 3 aromatic rings. The Hall–Kier alpha value is -2.05. The van der Waals surface area contributed by atoms with Crippen LogP contribution in [0.15, 0.2) is 41.7 Å². The van der Waals surface area contributed by atoms with Crippen molar-refractivity contribution >= 4 is 40.4 Å². The zero-order chi connectivity index (χ0) is 17.2. The molecule has 1 aliphatic rings. The number of carbonyl (C=O) groups is 1. The fourth-order valence-electron chi connectivity index (χ4n) is 3.19. The van der Waals surface area contributed by atoms with Gasteiger partial charge in [-0.25, -0.2) is 9.97 Å². The maximum absolute atomic E-state index is 12.4. The summed E-state index contributed by atoms with van der Waals surface area (Å²) in [7, 11) is 0. The van der Waals surface area contributed by atoms with Gasteiger partial charge in [0.05, 0.1) is 22.3 Å². The lowest BCUT2D eigenvalue weighted by atomic mass is 9.88. The number of pyridine rings is 1. The predicted octanol–water partition coefficient (Wildman–Crippen LogP) is 3.90. The number of nitrogens with one attached hydrogen (secondary N) is 2. The Bertz CT molecular complexity index is 926. The second-order valence-electron chi connectivity index (χ2n) is 6.07. The van der Waals surface area contributed by atoms with Crippen LogP contribution in [0.5, 0.6) is 0 Å². The van der Waals surface area contributed by atoms with Gasteiger partial charge in [0.25, 0.3) is 0 Å². The highest BCUT2D eigenvalue weighted by molar-refractivity contribution is 7.99. The molecule has 1 amide bonds. The first kappa shape index (κ1) is 16.4. The molecule has 4 rings (SSSR count). The second-order valence-corrected chi connectivity index (χ2v) is 7.47. The number of rotatable bonds is 4. The van der Waals surface area contributed by atoms with Crippen LogP contribution in [-0.2, 0) is 11.2 Å². The number of carbonyl (C=O) groups excluding carboxylic acids is 1. The summed E-state index contributed by atoms with van der Waals surface area (Å²) in [5, 5.41) is 4.38. The summed E-state index contributed by atoms with van der Waals surface area (Å²) in [5.74, 6) is 0.324. The molecule has 0 bridgehead atoms. The van der Waals surface area contributed by atoms with Crippen molar-refractivity contribution in [2.45, 2.75) is 30.5 Å². The van der Waals surface area contributed by atoms with Crippen molar-refractivity contribution in [3.05, 3.63) is 52.7 Å². The number of fused-ring (bicyclic) bond motifs is 2. The van der Waals surface area contributed by atoms with Crippen molar-refractivity contribution in [2.24, 2.45) is 0 Å². The highest BCUT2D eigenvalue weighted by Crippen LogP contribution is 2.29. The first-order valence-electron chi connectivity index (χ1n) is 8.20. The standard InChI is InChI=1S/C18H17ClN4OS/c19-12-8-15-17(20-9-12)23-18(22-15)25-10-16(24)21-14-7-3-5-11-4-1-2-6-13(11)14/h1-2,4,6,8-9,14H,3,5,7,10H2,(H,21,24)(H,20,22,23)/t14-/m0/s1. The molecule has 128 valence electrons. The van der Waals surface area contributed by atoms with Gasteiger partial charge >= 0.3 is 0 Å². The Morgan fingerprint density at radius 1 is 1.40 bits per heavy atom. The number of aromatic amines is 1. The first-order valence-corrected chi connectivity index (χ1v) is 9.56. The van der Waals surface area contributed by atoms with E-state index < -0.39 is 0 Å². The minimum atomic E-state index is 0.0122. The molecule has 1 aromatic carbocycles. The van der Waals surface area contributed by atoms with E-state index >= 15 is 0 Å². The molecule has 0 radical (unpaired) electrons. The van der Waals surface area contributed by atoms with E-state index in [1.807, 2.05) is 6.07 Å². The summed E-state index contributed by atoms with van der Waals surface area (Å²) < 4.78 is 0. The van der Waals surface area contributed by atoms with Crippen LogP contribution < -0.4 is 5.32 Å². The lowest BCUT2D eigenvalue weighted by molar-refractivity contribution is -0.119. The van der Waals surface area contributed by atoms with Crippen LogP contribution in [0.3, 0.4) is 0 Å². The van der Waals surface area contributed by atoms with Gasteiger partial charge in [-0.2, -0.15) is 0 Å². The molecule has 1 atom stereocenters. The highest BCUT2D eigenvalue weighted by Gasteiger charge is 2.21. The van der Waals surface area contributed by atoms with Crippen LogP contribution in [-0.4, -0.2) is 26.6 Å². The quantitative estimate of drug-likeness (QED) is 0.681. The third-order valence-electron chi connectivity index (χ3n) is 4.33. The largest absolute Gasteiger partial charge is 0.349 e. The van der Waals surface area contributed by atoms with Crippen LogP contribution in [0.4, 0.5) is 0 Å². The van der Waals surface area contributed by atoms with Gasteiger partial charge in [-0.05, 0) is 36.5 Å². The molecule has 2 N–H and O–H groups in total. The normalized spacial score (nSPS) is 16.6. The van der Waals surface area contributed by atoms with E-state index in [0.29, 0.717) is 21.6 Å². The van der Waals surface area contributed by atoms with Gasteiger partial charge in [-0.3, -0.25) is 4.79 Å². The van der Waals surface area contributed by atoms with E-state index in [1.165, 1.54) is 22.9 Å². The number of amides is 1. The molecular weight excluding hydrogens is 356 g/mol. The number of nitrogens with zero attached hydrogens (tertiary/aromatic N) is 2. The number of hydrogen-bond donors (Lipinski definition) is 2. The number of hydrogen-bond acceptors (Lipinski definition) is 4. The number of thioether (sulfide) groups is 1. The van der Waals surface area contributed by atoms with Crippen molar-refractivity contribution in [3.8, 4) is 0 Å². The summed E-state index contributed by atoms with van der Waals surface area (Å²) in [6.45, 7) is 0. The lowest BCUT2D eigenvalue weighted by Gasteiger charge is -2.26. The molecule has 2 heterocycles. The topological polar surface area (TPSA) is 70.7 Å². The second kappa shape index (κ2) is 7.06. The summed E-state index contributed by atoms with van der Waals surface area (Å²) >= 11 is 7.29. The lowest BCUT2D eigenvalue weighted by Crippen LogP contribution is -2.32. The van der Waals surface area contributed by atoms with Crippen LogP contribution >= 0.6 is 23.4 Å². The maximum Gasteiger partial charge on any atom is 0.230 e. The molecule has 5 nitrogen and oxygen atoms in total. The molecule has 7 heteroatoms. The fourth-order valence-corrected chi connectivity index (χ4v) is 4.04. The molecule has 0 unspecified atom stereocenters. The van der Waals surface area contributed by atoms with E-state index in [-0.39, 0.29) is 11.9 Å². The van der Waals surface area contributed by atoms with E-state index in [1.54, 1.807) is 12.3 Å². The van der Waals surface area contributed by atoms with Crippen molar-refractivity contribution in [3.63, 3.8) is 0 Å². The molecule has 0 saturated carbocycles. The smallest absolute Gasteiger partial charge is 0.230 e. The van der Waals surface area contributed by atoms with E-state index in [4.69, 9.17) is 11.6 Å². The van der Waals surface area contributed by atoms with Gasteiger partial charge in [-0.15, -0.1) is 0 Å². The fraction of sp³-hybridized carbons (Fsp3) is 0.278. The maximum atomic E-state index is 12.4. The Balaban J connectivity index is 1.39. The molecule has 1 aliphatic carbocycles. The third-order valence-corrected chi connectivity index (χ3v) is 5.41.